The zero-order valence-electron chi connectivity index (χ0n) is 18.7. The van der Waals surface area contributed by atoms with Gasteiger partial charge < -0.3 is 10.1 Å². The maximum atomic E-state index is 12.5. The number of carbonyl (C=O) groups is 2. The number of ketones is 1. The van der Waals surface area contributed by atoms with Gasteiger partial charge in [0.15, 0.2) is 0 Å². The van der Waals surface area contributed by atoms with Crippen LogP contribution in [0.15, 0.2) is 53.9 Å². The van der Waals surface area contributed by atoms with E-state index in [1.54, 1.807) is 25.4 Å². The van der Waals surface area contributed by atoms with Crippen LogP contribution in [0.1, 0.15) is 47.7 Å². The number of nitrogens with zero attached hydrogens (tertiary/aromatic N) is 2. The van der Waals surface area contributed by atoms with E-state index >= 15 is 0 Å². The normalized spacial score (nSPS) is 17.3. The fourth-order valence-corrected chi connectivity index (χ4v) is 3.54. The van der Waals surface area contributed by atoms with E-state index in [4.69, 9.17) is 4.74 Å². The van der Waals surface area contributed by atoms with Crippen molar-refractivity contribution in [1.82, 2.24) is 9.97 Å². The van der Waals surface area contributed by atoms with Crippen molar-refractivity contribution in [3.63, 3.8) is 0 Å². The van der Waals surface area contributed by atoms with Crippen LogP contribution in [-0.4, -0.2) is 34.9 Å². The van der Waals surface area contributed by atoms with E-state index in [-0.39, 0.29) is 19.0 Å². The average molecular weight is 422 g/mol. The van der Waals surface area contributed by atoms with Crippen LogP contribution in [0.3, 0.4) is 0 Å². The number of aromatic nitrogens is 2. The Balaban J connectivity index is 0.00000363. The van der Waals surface area contributed by atoms with Crippen LogP contribution in [0.2, 0.25) is 0 Å². The molecule has 1 unspecified atom stereocenters. The molecule has 0 bridgehead atoms. The van der Waals surface area contributed by atoms with Crippen LogP contribution < -0.4 is 5.32 Å². The summed E-state index contributed by atoms with van der Waals surface area (Å²) in [5, 5.41) is 4.54. The summed E-state index contributed by atoms with van der Waals surface area (Å²) in [7, 11) is 1.49. The molecule has 6 nitrogen and oxygen atoms in total. The fraction of sp³-hybridized carbons (Fsp3) is 0.360. The second-order valence-corrected chi connectivity index (χ2v) is 7.91. The molecule has 3 rings (SSSR count). The Bertz CT molecular complexity index is 1100. The number of carbonyl (C=O) groups excluding carboxylic acids is 2. The summed E-state index contributed by atoms with van der Waals surface area (Å²) in [5.41, 5.74) is 3.89. The highest BCUT2D eigenvalue weighted by Gasteiger charge is 2.18. The van der Waals surface area contributed by atoms with Crippen LogP contribution in [0.5, 0.6) is 0 Å². The topological polar surface area (TPSA) is 81.2 Å². The maximum absolute atomic E-state index is 12.5. The van der Waals surface area contributed by atoms with Crippen LogP contribution >= 0.6 is 0 Å². The lowest BCUT2D eigenvalue weighted by Gasteiger charge is -2.12. The summed E-state index contributed by atoms with van der Waals surface area (Å²) in [5.74, 6) is 0.245. The largest absolute Gasteiger partial charge is 0.372 e. The number of amides is 1. The summed E-state index contributed by atoms with van der Waals surface area (Å²) in [4.78, 5) is 33.5. The molecule has 2 heterocycles. The minimum absolute atomic E-state index is 0. The molecule has 0 aromatic carbocycles. The molecule has 1 aliphatic rings. The van der Waals surface area contributed by atoms with Crippen LogP contribution in [0.25, 0.3) is 16.3 Å². The second kappa shape index (κ2) is 9.79. The second-order valence-electron chi connectivity index (χ2n) is 7.91. The minimum Gasteiger partial charge on any atom is -0.372 e. The number of rotatable bonds is 7. The van der Waals surface area contributed by atoms with Gasteiger partial charge in [0.05, 0.1) is 11.6 Å². The molecule has 2 aromatic rings. The predicted molar refractivity (Wildman–Crippen MR) is 126 cm³/mol. The lowest BCUT2D eigenvalue weighted by molar-refractivity contribution is -0.124. The van der Waals surface area contributed by atoms with E-state index in [1.165, 1.54) is 7.11 Å². The molecule has 2 atom stereocenters. The van der Waals surface area contributed by atoms with E-state index in [9.17, 15) is 9.59 Å². The zero-order chi connectivity index (χ0) is 22.5. The Morgan fingerprint density at radius 2 is 1.87 bits per heavy atom. The van der Waals surface area contributed by atoms with Gasteiger partial charge in [0.25, 0.3) is 5.91 Å². The number of pyridine rings is 2. The highest BCUT2D eigenvalue weighted by atomic mass is 16.5. The molecule has 0 saturated carbocycles. The molecule has 1 amide bonds. The molecule has 1 N–H and O–H groups in total. The number of anilines is 1. The van der Waals surface area contributed by atoms with Gasteiger partial charge in [-0.25, -0.2) is 4.98 Å². The molecular weight excluding hydrogens is 390 g/mol. The van der Waals surface area contributed by atoms with Gasteiger partial charge in [-0.3, -0.25) is 14.6 Å². The Morgan fingerprint density at radius 1 is 1.16 bits per heavy atom. The van der Waals surface area contributed by atoms with Gasteiger partial charge in [-0.15, -0.1) is 0 Å². The monoisotopic (exact) mass is 421 g/mol. The number of ether oxygens (including phenoxy) is 1. The molecule has 164 valence electrons. The molecule has 0 saturated heterocycles. The summed E-state index contributed by atoms with van der Waals surface area (Å²) in [6, 6.07) is 3.78. The van der Waals surface area contributed by atoms with E-state index in [0.717, 1.165) is 39.6 Å². The molecular formula is C25H31N3O3. The van der Waals surface area contributed by atoms with Crippen molar-refractivity contribution >= 4 is 33.9 Å². The fourth-order valence-electron chi connectivity index (χ4n) is 3.54. The summed E-state index contributed by atoms with van der Waals surface area (Å²) in [6.07, 6.45) is 10.5. The molecule has 31 heavy (non-hydrogen) atoms. The van der Waals surface area contributed by atoms with Crippen LogP contribution in [0.4, 0.5) is 5.82 Å². The zero-order valence-corrected chi connectivity index (χ0v) is 18.7. The van der Waals surface area contributed by atoms with Crippen molar-refractivity contribution < 1.29 is 15.8 Å². The number of nitrogens with one attached hydrogen (secondary N) is 1. The predicted octanol–water partition coefficient (Wildman–Crippen LogP) is 5.12. The van der Waals surface area contributed by atoms with Crippen LogP contribution in [0, 0.1) is 5.92 Å². The number of methoxy groups -OCH3 is 1. The van der Waals surface area contributed by atoms with Gasteiger partial charge >= 0.3 is 0 Å². The quantitative estimate of drug-likeness (QED) is 0.671. The molecule has 0 aliphatic heterocycles. The number of allylic oxidation sites excluding steroid dienone is 6. The van der Waals surface area contributed by atoms with Gasteiger partial charge in [0, 0.05) is 43.7 Å². The highest BCUT2D eigenvalue weighted by Crippen LogP contribution is 2.30. The van der Waals surface area contributed by atoms with Crippen molar-refractivity contribution in [3.8, 4) is 0 Å². The third kappa shape index (κ3) is 5.33. The molecule has 0 fully saturated rings. The lowest BCUT2D eigenvalue weighted by Crippen LogP contribution is -2.26. The number of hydrogen-bond acceptors (Lipinski definition) is 5. The smallest absolute Gasteiger partial charge is 0.254 e. The van der Waals surface area contributed by atoms with Gasteiger partial charge in [-0.1, -0.05) is 24.6 Å². The van der Waals surface area contributed by atoms with E-state index in [0.29, 0.717) is 12.2 Å². The van der Waals surface area contributed by atoms with Crippen molar-refractivity contribution in [2.45, 2.75) is 46.6 Å². The Labute approximate surface area is 184 Å². The van der Waals surface area contributed by atoms with E-state index in [2.05, 4.69) is 21.4 Å². The minimum atomic E-state index is -0.556. The number of hydrogen-bond donors (Lipinski definition) is 1. The summed E-state index contributed by atoms with van der Waals surface area (Å²) < 4.78 is 5.03. The molecule has 1 aliphatic carbocycles. The Kier molecular flexibility index (Phi) is 7.13. The SMILES string of the molecule is CCCC(=O)C1C=C(C)C=C(c2cc3cnc(NC(=O)[C@H](C)OC)cc3cn2)C(C)=C1.[HH]. The van der Waals surface area contributed by atoms with E-state index in [1.807, 2.05) is 39.0 Å². The first-order chi connectivity index (χ1) is 14.8. The number of fused-ring (bicyclic) bond motifs is 1. The first kappa shape index (κ1) is 22.6. The molecule has 6 heteroatoms. The van der Waals surface area contributed by atoms with Gasteiger partial charge in [-0.2, -0.15) is 0 Å². The molecule has 0 radical (unpaired) electrons. The van der Waals surface area contributed by atoms with Crippen molar-refractivity contribution in [2.75, 3.05) is 12.4 Å². The van der Waals surface area contributed by atoms with Gasteiger partial charge in [0.2, 0.25) is 0 Å². The maximum Gasteiger partial charge on any atom is 0.254 e. The lowest BCUT2D eigenvalue weighted by atomic mass is 9.95. The summed E-state index contributed by atoms with van der Waals surface area (Å²) in [6.45, 7) is 7.73. The first-order valence-corrected chi connectivity index (χ1v) is 10.5. The Hall–Kier alpha value is -3.12. The van der Waals surface area contributed by atoms with Crippen molar-refractivity contribution in [3.05, 3.63) is 59.6 Å². The third-order valence-corrected chi connectivity index (χ3v) is 5.39. The third-order valence-electron chi connectivity index (χ3n) is 5.39. The molecule has 0 spiro atoms. The van der Waals surface area contributed by atoms with Crippen molar-refractivity contribution in [1.29, 1.82) is 0 Å². The standard InChI is InChI=1S/C25H29N3O3.H2/c1-6-7-23(29)18-8-15(2)9-21(16(3)10-18)22-11-19-14-27-24(12-20(19)13-26-22)28-25(30)17(4)31-5;/h8-14,17-18H,6-7H2,1-5H3,(H,27,28,30);1H/t17-,18?;/m0./s1. The Morgan fingerprint density at radius 3 is 2.58 bits per heavy atom. The van der Waals surface area contributed by atoms with Gasteiger partial charge in [-0.05, 0) is 51.0 Å². The highest BCUT2D eigenvalue weighted by molar-refractivity contribution is 5.96. The number of Topliss-reactive ketones (excluding diaryl/α,β-unsaturated/α-hetero) is 1. The first-order valence-electron chi connectivity index (χ1n) is 10.5. The summed E-state index contributed by atoms with van der Waals surface area (Å²) >= 11 is 0. The van der Waals surface area contributed by atoms with E-state index < -0.39 is 6.10 Å². The molecule has 2 aromatic heterocycles. The van der Waals surface area contributed by atoms with Gasteiger partial charge in [0.1, 0.15) is 17.7 Å². The van der Waals surface area contributed by atoms with Crippen molar-refractivity contribution in [2.24, 2.45) is 5.92 Å². The average Bonchev–Trinajstić information content (AvgIpc) is 2.90. The van der Waals surface area contributed by atoms with Crippen LogP contribution in [-0.2, 0) is 14.3 Å².